The van der Waals surface area contributed by atoms with Gasteiger partial charge in [-0.3, -0.25) is 9.89 Å². The minimum absolute atomic E-state index is 0.00883. The van der Waals surface area contributed by atoms with E-state index >= 15 is 0 Å². The van der Waals surface area contributed by atoms with Crippen molar-refractivity contribution in [3.05, 3.63) is 18.0 Å². The topological polar surface area (TPSA) is 76.7 Å². The molecule has 3 aliphatic rings. The summed E-state index contributed by atoms with van der Waals surface area (Å²) in [6, 6.07) is 1.83. The number of rotatable bonds is 4. The second kappa shape index (κ2) is 7.21. The highest BCUT2D eigenvalue weighted by Crippen LogP contribution is 2.32. The van der Waals surface area contributed by atoms with E-state index in [-0.39, 0.29) is 24.2 Å². The van der Waals surface area contributed by atoms with E-state index in [9.17, 15) is 4.79 Å². The molecule has 1 amide bonds. The first-order valence-electron chi connectivity index (χ1n) is 8.94. The van der Waals surface area contributed by atoms with Gasteiger partial charge in [-0.05, 0) is 37.7 Å². The predicted octanol–water partition coefficient (Wildman–Crippen LogP) is 1.22. The van der Waals surface area contributed by atoms with E-state index in [0.717, 1.165) is 52.1 Å². The molecule has 0 spiro atoms. The van der Waals surface area contributed by atoms with Crippen LogP contribution in [0.1, 0.15) is 36.2 Å². The fourth-order valence-electron chi connectivity index (χ4n) is 3.99. The summed E-state index contributed by atoms with van der Waals surface area (Å²) >= 11 is 0. The number of carbonyl (C=O) groups excluding carboxylic acids is 1. The molecule has 0 radical (unpaired) electrons. The summed E-state index contributed by atoms with van der Waals surface area (Å²) in [6.45, 7) is 3.73. The summed E-state index contributed by atoms with van der Waals surface area (Å²) in [7, 11) is 0. The fraction of sp³-hybridized carbons (Fsp3) is 0.765. The third-order valence-corrected chi connectivity index (χ3v) is 5.36. The SMILES string of the molecule is O=C(c1ccn[nH]1)N1C[C@H](OCC2CCOCC2)[C@H]2OCCC[C@H]21. The first kappa shape index (κ1) is 16.1. The molecule has 3 fully saturated rings. The van der Waals surface area contributed by atoms with E-state index in [4.69, 9.17) is 14.2 Å². The van der Waals surface area contributed by atoms with E-state index < -0.39 is 0 Å². The molecule has 0 saturated carbocycles. The molecule has 7 nitrogen and oxygen atoms in total. The Hall–Kier alpha value is -1.44. The van der Waals surface area contributed by atoms with Gasteiger partial charge < -0.3 is 19.1 Å². The Kier molecular flexibility index (Phi) is 4.82. The number of hydrogen-bond acceptors (Lipinski definition) is 5. The summed E-state index contributed by atoms with van der Waals surface area (Å²) in [6.07, 6.45) is 5.63. The number of aromatic nitrogens is 2. The van der Waals surface area contributed by atoms with Crippen molar-refractivity contribution in [3.63, 3.8) is 0 Å². The van der Waals surface area contributed by atoms with Crippen LogP contribution in [0.4, 0.5) is 0 Å². The lowest BCUT2D eigenvalue weighted by atomic mass is 10.0. The van der Waals surface area contributed by atoms with Crippen LogP contribution < -0.4 is 0 Å². The molecule has 132 valence electrons. The molecule has 1 N–H and O–H groups in total. The Balaban J connectivity index is 1.42. The van der Waals surface area contributed by atoms with Crippen LogP contribution in [-0.2, 0) is 14.2 Å². The zero-order chi connectivity index (χ0) is 16.4. The van der Waals surface area contributed by atoms with Crippen LogP contribution >= 0.6 is 0 Å². The van der Waals surface area contributed by atoms with Gasteiger partial charge in [0.25, 0.3) is 5.91 Å². The van der Waals surface area contributed by atoms with Gasteiger partial charge in [-0.25, -0.2) is 0 Å². The highest BCUT2D eigenvalue weighted by molar-refractivity contribution is 5.92. The van der Waals surface area contributed by atoms with Crippen LogP contribution in [0.25, 0.3) is 0 Å². The van der Waals surface area contributed by atoms with Crippen molar-refractivity contribution in [1.82, 2.24) is 15.1 Å². The van der Waals surface area contributed by atoms with E-state index in [1.807, 2.05) is 4.90 Å². The van der Waals surface area contributed by atoms with Gasteiger partial charge in [0.05, 0.1) is 19.2 Å². The van der Waals surface area contributed by atoms with E-state index in [2.05, 4.69) is 10.2 Å². The maximum atomic E-state index is 12.7. The van der Waals surface area contributed by atoms with Crippen LogP contribution in [0.15, 0.2) is 12.3 Å². The first-order valence-corrected chi connectivity index (χ1v) is 8.94. The van der Waals surface area contributed by atoms with Crippen molar-refractivity contribution in [2.24, 2.45) is 5.92 Å². The second-order valence-electron chi connectivity index (χ2n) is 6.90. The number of fused-ring (bicyclic) bond motifs is 1. The van der Waals surface area contributed by atoms with Crippen molar-refractivity contribution < 1.29 is 19.0 Å². The summed E-state index contributed by atoms with van der Waals surface area (Å²) in [5, 5.41) is 6.66. The lowest BCUT2D eigenvalue weighted by Gasteiger charge is -2.32. The normalized spacial score (nSPS) is 31.2. The maximum absolute atomic E-state index is 12.7. The van der Waals surface area contributed by atoms with E-state index in [1.54, 1.807) is 12.3 Å². The standard InChI is InChI=1S/C17H25N3O4/c21-17(13-3-6-18-19-13)20-10-15(16-14(20)2-1-7-23-16)24-11-12-4-8-22-9-5-12/h3,6,12,14-16H,1-2,4-5,7-11H2,(H,18,19)/t14-,15+,16+/m1/s1. The number of amides is 1. The number of aromatic amines is 1. The van der Waals surface area contributed by atoms with Gasteiger partial charge in [-0.15, -0.1) is 0 Å². The number of nitrogens with zero attached hydrogens (tertiary/aromatic N) is 2. The molecule has 0 bridgehead atoms. The fourth-order valence-corrected chi connectivity index (χ4v) is 3.99. The summed E-state index contributed by atoms with van der Waals surface area (Å²) in [5.74, 6) is 0.545. The van der Waals surface area contributed by atoms with Crippen molar-refractivity contribution >= 4 is 5.91 Å². The summed E-state index contributed by atoms with van der Waals surface area (Å²) < 4.78 is 17.6. The van der Waals surface area contributed by atoms with Crippen LogP contribution in [0.2, 0.25) is 0 Å². The number of H-pyrrole nitrogens is 1. The quantitative estimate of drug-likeness (QED) is 0.895. The molecule has 1 aromatic heterocycles. The highest BCUT2D eigenvalue weighted by Gasteiger charge is 2.47. The van der Waals surface area contributed by atoms with Crippen molar-refractivity contribution in [1.29, 1.82) is 0 Å². The lowest BCUT2D eigenvalue weighted by molar-refractivity contribution is -0.0886. The first-order chi connectivity index (χ1) is 11.8. The molecular formula is C17H25N3O4. The molecule has 3 atom stereocenters. The number of carbonyl (C=O) groups is 1. The minimum Gasteiger partial charge on any atom is -0.381 e. The molecule has 0 aliphatic carbocycles. The van der Waals surface area contributed by atoms with Gasteiger partial charge in [0.2, 0.25) is 0 Å². The number of hydrogen-bond donors (Lipinski definition) is 1. The molecule has 4 heterocycles. The number of ether oxygens (including phenoxy) is 3. The molecule has 24 heavy (non-hydrogen) atoms. The maximum Gasteiger partial charge on any atom is 0.272 e. The van der Waals surface area contributed by atoms with Crippen LogP contribution in [0.3, 0.4) is 0 Å². The Labute approximate surface area is 141 Å². The zero-order valence-corrected chi connectivity index (χ0v) is 13.9. The smallest absolute Gasteiger partial charge is 0.272 e. The van der Waals surface area contributed by atoms with Crippen LogP contribution in [0, 0.1) is 5.92 Å². The van der Waals surface area contributed by atoms with Crippen molar-refractivity contribution in [3.8, 4) is 0 Å². The predicted molar refractivity (Wildman–Crippen MR) is 85.7 cm³/mol. The van der Waals surface area contributed by atoms with Crippen LogP contribution in [-0.4, -0.2) is 72.2 Å². The van der Waals surface area contributed by atoms with Gasteiger partial charge in [-0.2, -0.15) is 5.10 Å². The largest absolute Gasteiger partial charge is 0.381 e. The van der Waals surface area contributed by atoms with Gasteiger partial charge in [0.15, 0.2) is 0 Å². The Morgan fingerprint density at radius 3 is 3.00 bits per heavy atom. The lowest BCUT2D eigenvalue weighted by Crippen LogP contribution is -2.44. The zero-order valence-electron chi connectivity index (χ0n) is 13.9. The average molecular weight is 335 g/mol. The molecule has 1 aromatic rings. The third-order valence-electron chi connectivity index (χ3n) is 5.36. The molecular weight excluding hydrogens is 310 g/mol. The minimum atomic E-state index is -0.0370. The van der Waals surface area contributed by atoms with Gasteiger partial charge in [0, 0.05) is 26.0 Å². The molecule has 0 aromatic carbocycles. The van der Waals surface area contributed by atoms with Gasteiger partial charge in [0.1, 0.15) is 17.9 Å². The molecule has 7 heteroatoms. The Morgan fingerprint density at radius 1 is 1.33 bits per heavy atom. The molecule has 4 rings (SSSR count). The Morgan fingerprint density at radius 2 is 2.21 bits per heavy atom. The number of nitrogens with one attached hydrogen (secondary N) is 1. The van der Waals surface area contributed by atoms with Gasteiger partial charge in [-0.1, -0.05) is 0 Å². The third kappa shape index (κ3) is 3.20. The molecule has 3 aliphatic heterocycles. The Bertz CT molecular complexity index is 544. The van der Waals surface area contributed by atoms with E-state index in [0.29, 0.717) is 18.2 Å². The van der Waals surface area contributed by atoms with Crippen molar-refractivity contribution in [2.75, 3.05) is 33.0 Å². The average Bonchev–Trinajstić information content (AvgIpc) is 3.29. The summed E-state index contributed by atoms with van der Waals surface area (Å²) in [4.78, 5) is 14.7. The highest BCUT2D eigenvalue weighted by atomic mass is 16.5. The monoisotopic (exact) mass is 335 g/mol. The molecule has 3 saturated heterocycles. The molecule has 0 unspecified atom stereocenters. The van der Waals surface area contributed by atoms with Gasteiger partial charge >= 0.3 is 0 Å². The second-order valence-corrected chi connectivity index (χ2v) is 6.90. The summed E-state index contributed by atoms with van der Waals surface area (Å²) in [5.41, 5.74) is 0.532. The van der Waals surface area contributed by atoms with Crippen molar-refractivity contribution in [2.45, 2.75) is 43.9 Å². The number of likely N-dealkylation sites (tertiary alicyclic amines) is 1. The van der Waals surface area contributed by atoms with E-state index in [1.165, 1.54) is 0 Å². The van der Waals surface area contributed by atoms with Crippen LogP contribution in [0.5, 0.6) is 0 Å².